The molecule has 0 aliphatic rings. The quantitative estimate of drug-likeness (QED) is 0.767. The monoisotopic (exact) mass is 336 g/mol. The molecule has 128 valence electrons. The van der Waals surface area contributed by atoms with Crippen LogP contribution >= 0.6 is 0 Å². The average Bonchev–Trinajstić information content (AvgIpc) is 2.97. The van der Waals surface area contributed by atoms with Crippen LogP contribution in [0.2, 0.25) is 0 Å². The molecule has 3 aromatic rings. The molecule has 3 rings (SSSR count). The van der Waals surface area contributed by atoms with Crippen molar-refractivity contribution in [3.8, 4) is 5.69 Å². The maximum absolute atomic E-state index is 12.5. The number of aliphatic hydroxyl groups excluding tert-OH is 1. The second kappa shape index (κ2) is 6.86. The maximum atomic E-state index is 12.5. The highest BCUT2D eigenvalue weighted by Gasteiger charge is 2.17. The van der Waals surface area contributed by atoms with Crippen LogP contribution in [0.5, 0.6) is 0 Å². The smallest absolute Gasteiger partial charge is 0.278 e. The van der Waals surface area contributed by atoms with E-state index in [1.54, 1.807) is 42.8 Å². The fourth-order valence-electron chi connectivity index (χ4n) is 2.54. The lowest BCUT2D eigenvalue weighted by Gasteiger charge is -2.08. The molecule has 2 aromatic carbocycles. The highest BCUT2D eigenvalue weighted by molar-refractivity contribution is 6.03. The lowest BCUT2D eigenvalue weighted by Crippen LogP contribution is -2.14. The minimum atomic E-state index is -0.596. The summed E-state index contributed by atoms with van der Waals surface area (Å²) >= 11 is 0. The lowest BCUT2D eigenvalue weighted by molar-refractivity contribution is 0.102. The highest BCUT2D eigenvalue weighted by atomic mass is 16.3. The zero-order chi connectivity index (χ0) is 18.0. The van der Waals surface area contributed by atoms with Gasteiger partial charge in [0.25, 0.3) is 5.91 Å². The van der Waals surface area contributed by atoms with Crippen molar-refractivity contribution in [1.82, 2.24) is 15.0 Å². The second-order valence-electron chi connectivity index (χ2n) is 6.03. The molecule has 0 unspecified atom stereocenters. The van der Waals surface area contributed by atoms with Crippen molar-refractivity contribution in [2.24, 2.45) is 0 Å². The van der Waals surface area contributed by atoms with Gasteiger partial charge in [-0.15, -0.1) is 5.10 Å². The summed E-state index contributed by atoms with van der Waals surface area (Å²) in [6, 6.07) is 14.9. The molecule has 25 heavy (non-hydrogen) atoms. The predicted molar refractivity (Wildman–Crippen MR) is 95.9 cm³/mol. The first-order valence-corrected chi connectivity index (χ1v) is 8.04. The zero-order valence-corrected chi connectivity index (χ0v) is 14.4. The molecule has 1 atom stereocenters. The molecule has 1 heterocycles. The van der Waals surface area contributed by atoms with Gasteiger partial charge in [-0.2, -0.15) is 0 Å². The Morgan fingerprint density at radius 1 is 1.16 bits per heavy atom. The van der Waals surface area contributed by atoms with Gasteiger partial charge in [-0.1, -0.05) is 35.0 Å². The Labute approximate surface area is 146 Å². The number of nitrogens with one attached hydrogen (secondary N) is 1. The molecule has 0 spiro atoms. The average molecular weight is 336 g/mol. The van der Waals surface area contributed by atoms with Crippen LogP contribution in [0.3, 0.4) is 0 Å². The largest absolute Gasteiger partial charge is 0.389 e. The number of amides is 1. The van der Waals surface area contributed by atoms with E-state index in [-0.39, 0.29) is 11.6 Å². The minimum Gasteiger partial charge on any atom is -0.389 e. The van der Waals surface area contributed by atoms with E-state index in [4.69, 9.17) is 0 Å². The van der Waals surface area contributed by atoms with E-state index in [0.29, 0.717) is 11.4 Å². The van der Waals surface area contributed by atoms with Gasteiger partial charge in [0.2, 0.25) is 0 Å². The molecule has 0 saturated carbocycles. The summed E-state index contributed by atoms with van der Waals surface area (Å²) in [6.07, 6.45) is -0.596. The van der Waals surface area contributed by atoms with Gasteiger partial charge in [0.05, 0.1) is 17.5 Å². The summed E-state index contributed by atoms with van der Waals surface area (Å²) in [4.78, 5) is 12.5. The van der Waals surface area contributed by atoms with Crippen molar-refractivity contribution in [2.45, 2.75) is 26.9 Å². The predicted octanol–water partition coefficient (Wildman–Crippen LogP) is 3.19. The van der Waals surface area contributed by atoms with Gasteiger partial charge in [-0.3, -0.25) is 4.79 Å². The van der Waals surface area contributed by atoms with Crippen molar-refractivity contribution in [3.63, 3.8) is 0 Å². The molecule has 1 aromatic heterocycles. The van der Waals surface area contributed by atoms with E-state index in [1.807, 2.05) is 31.2 Å². The van der Waals surface area contributed by atoms with Gasteiger partial charge in [-0.25, -0.2) is 4.68 Å². The van der Waals surface area contributed by atoms with Crippen LogP contribution in [0.25, 0.3) is 5.69 Å². The number of carbonyl (C=O) groups excluding carboxylic acids is 1. The van der Waals surface area contributed by atoms with Crippen molar-refractivity contribution in [2.75, 3.05) is 5.32 Å². The number of aryl methyl sites for hydroxylation is 1. The molecule has 6 nitrogen and oxygen atoms in total. The third-order valence-corrected chi connectivity index (χ3v) is 4.02. The second-order valence-corrected chi connectivity index (χ2v) is 6.03. The number of anilines is 1. The summed E-state index contributed by atoms with van der Waals surface area (Å²) in [6.45, 7) is 5.50. The molecular formula is C19H20N4O2. The lowest BCUT2D eigenvalue weighted by atomic mass is 10.1. The molecule has 6 heteroatoms. The summed E-state index contributed by atoms with van der Waals surface area (Å²) < 4.78 is 1.64. The van der Waals surface area contributed by atoms with Gasteiger partial charge in [0, 0.05) is 5.69 Å². The van der Waals surface area contributed by atoms with E-state index >= 15 is 0 Å². The normalized spacial score (nSPS) is 12.0. The summed E-state index contributed by atoms with van der Waals surface area (Å²) in [5.41, 5.74) is 4.27. The van der Waals surface area contributed by atoms with Crippen LogP contribution in [0.1, 0.15) is 40.3 Å². The highest BCUT2D eigenvalue weighted by Crippen LogP contribution is 2.19. The van der Waals surface area contributed by atoms with Crippen LogP contribution in [-0.2, 0) is 0 Å². The van der Waals surface area contributed by atoms with Gasteiger partial charge in [-0.05, 0) is 50.6 Å². The van der Waals surface area contributed by atoms with Crippen LogP contribution in [0.4, 0.5) is 5.69 Å². The number of nitrogens with zero attached hydrogens (tertiary/aromatic N) is 3. The topological polar surface area (TPSA) is 80.0 Å². The Bertz CT molecular complexity index is 898. The van der Waals surface area contributed by atoms with Gasteiger partial charge in [0.1, 0.15) is 0 Å². The van der Waals surface area contributed by atoms with Crippen molar-refractivity contribution >= 4 is 11.6 Å². The number of aliphatic hydroxyl groups is 1. The van der Waals surface area contributed by atoms with E-state index in [9.17, 15) is 9.90 Å². The van der Waals surface area contributed by atoms with E-state index in [0.717, 1.165) is 16.8 Å². The third kappa shape index (κ3) is 3.59. The summed E-state index contributed by atoms with van der Waals surface area (Å²) in [7, 11) is 0. The number of aromatic nitrogens is 3. The Kier molecular flexibility index (Phi) is 4.63. The SMILES string of the molecule is Cc1ccc(-n2nnc(C(=O)Nc3cccc([C@@H](C)O)c3)c2C)cc1. The molecule has 0 aliphatic heterocycles. The molecule has 0 aliphatic carbocycles. The van der Waals surface area contributed by atoms with Crippen LogP contribution in [0.15, 0.2) is 48.5 Å². The number of rotatable bonds is 4. The van der Waals surface area contributed by atoms with Crippen molar-refractivity contribution < 1.29 is 9.90 Å². The number of benzene rings is 2. The van der Waals surface area contributed by atoms with Gasteiger partial charge in [0.15, 0.2) is 5.69 Å². The Balaban J connectivity index is 1.84. The zero-order valence-electron chi connectivity index (χ0n) is 14.4. The maximum Gasteiger partial charge on any atom is 0.278 e. The molecule has 2 N–H and O–H groups in total. The first-order chi connectivity index (χ1) is 12.0. The molecule has 0 saturated heterocycles. The van der Waals surface area contributed by atoms with Crippen LogP contribution in [-0.4, -0.2) is 26.0 Å². The standard InChI is InChI=1S/C19H20N4O2/c1-12-7-9-17(10-8-12)23-13(2)18(21-22-23)19(25)20-16-6-4-5-15(11-16)14(3)24/h4-11,14,24H,1-3H3,(H,20,25)/t14-/m1/s1. The molecular weight excluding hydrogens is 316 g/mol. The number of carbonyl (C=O) groups is 1. The van der Waals surface area contributed by atoms with E-state index in [1.165, 1.54) is 0 Å². The fraction of sp³-hybridized carbons (Fsp3) is 0.211. The first-order valence-electron chi connectivity index (χ1n) is 8.04. The van der Waals surface area contributed by atoms with E-state index < -0.39 is 6.10 Å². The molecule has 1 amide bonds. The number of hydrogen-bond acceptors (Lipinski definition) is 4. The van der Waals surface area contributed by atoms with Crippen LogP contribution in [0, 0.1) is 13.8 Å². The fourth-order valence-corrected chi connectivity index (χ4v) is 2.54. The van der Waals surface area contributed by atoms with Gasteiger partial charge >= 0.3 is 0 Å². The van der Waals surface area contributed by atoms with E-state index in [2.05, 4.69) is 15.6 Å². The summed E-state index contributed by atoms with van der Waals surface area (Å²) in [5.74, 6) is -0.335. The molecule has 0 fully saturated rings. The van der Waals surface area contributed by atoms with Crippen LogP contribution < -0.4 is 5.32 Å². The third-order valence-electron chi connectivity index (χ3n) is 4.02. The Morgan fingerprint density at radius 2 is 1.88 bits per heavy atom. The summed E-state index contributed by atoms with van der Waals surface area (Å²) in [5, 5.41) is 20.6. The molecule has 0 bridgehead atoms. The van der Waals surface area contributed by atoms with Crippen molar-refractivity contribution in [3.05, 3.63) is 71.0 Å². The molecule has 0 radical (unpaired) electrons. The Hall–Kier alpha value is -2.99. The Morgan fingerprint density at radius 3 is 2.56 bits per heavy atom. The number of hydrogen-bond donors (Lipinski definition) is 2. The van der Waals surface area contributed by atoms with Gasteiger partial charge < -0.3 is 10.4 Å². The minimum absolute atomic E-state index is 0.267. The van der Waals surface area contributed by atoms with Crippen molar-refractivity contribution in [1.29, 1.82) is 0 Å². The first kappa shape index (κ1) is 16.9.